The van der Waals surface area contributed by atoms with Gasteiger partial charge in [-0.05, 0) is 24.3 Å². The molecular formula is C23H21FN6O6. The number of methoxy groups -OCH3 is 1. The standard InChI is InChI=1S/C23H21FN6O6/c1-34-15(12-35-21(32)13-8-4-2-5-9-13)16(24)20(36-22(33)14-10-6-3-7-11-14)30-18-17(28-29-30)19(31)27-23(25)26-18/h2-11,15-16,20H,12H2,1H3,(H3,25,26,27,31)/t15-,16-,20-/m1/s1. The van der Waals surface area contributed by atoms with Gasteiger partial charge in [0.25, 0.3) is 5.56 Å². The zero-order chi connectivity index (χ0) is 25.7. The van der Waals surface area contributed by atoms with Crippen molar-refractivity contribution in [3.8, 4) is 0 Å². The number of hydrogen-bond acceptors (Lipinski definition) is 10. The summed E-state index contributed by atoms with van der Waals surface area (Å²) in [5, 5.41) is 7.48. The third-order valence-electron chi connectivity index (χ3n) is 5.15. The van der Waals surface area contributed by atoms with Crippen molar-refractivity contribution < 1.29 is 28.2 Å². The number of halogens is 1. The van der Waals surface area contributed by atoms with Gasteiger partial charge in [-0.2, -0.15) is 9.67 Å². The van der Waals surface area contributed by atoms with E-state index in [1.807, 2.05) is 0 Å². The second-order valence-electron chi connectivity index (χ2n) is 7.50. The Morgan fingerprint density at radius 1 is 1.06 bits per heavy atom. The Morgan fingerprint density at radius 3 is 2.28 bits per heavy atom. The van der Waals surface area contributed by atoms with Crippen LogP contribution in [0.25, 0.3) is 11.2 Å². The number of fused-ring (bicyclic) bond motifs is 1. The number of hydrogen-bond donors (Lipinski definition) is 2. The van der Waals surface area contributed by atoms with E-state index in [0.717, 1.165) is 4.68 Å². The average molecular weight is 496 g/mol. The van der Waals surface area contributed by atoms with Gasteiger partial charge in [-0.3, -0.25) is 9.78 Å². The van der Waals surface area contributed by atoms with Gasteiger partial charge in [-0.25, -0.2) is 14.0 Å². The number of anilines is 1. The number of esters is 2. The van der Waals surface area contributed by atoms with E-state index in [4.69, 9.17) is 19.9 Å². The topological polar surface area (TPSA) is 164 Å². The summed E-state index contributed by atoms with van der Waals surface area (Å²) >= 11 is 0. The van der Waals surface area contributed by atoms with Gasteiger partial charge in [0.2, 0.25) is 12.2 Å². The highest BCUT2D eigenvalue weighted by Gasteiger charge is 2.38. The van der Waals surface area contributed by atoms with Crippen LogP contribution in [0, 0.1) is 0 Å². The van der Waals surface area contributed by atoms with E-state index in [1.165, 1.54) is 31.4 Å². The van der Waals surface area contributed by atoms with Crippen molar-refractivity contribution >= 4 is 29.1 Å². The zero-order valence-electron chi connectivity index (χ0n) is 18.9. The summed E-state index contributed by atoms with van der Waals surface area (Å²) in [5.41, 5.74) is 4.83. The largest absolute Gasteiger partial charge is 0.459 e. The van der Waals surface area contributed by atoms with Crippen molar-refractivity contribution in [1.82, 2.24) is 25.0 Å². The molecule has 4 aromatic rings. The lowest BCUT2D eigenvalue weighted by Crippen LogP contribution is -2.39. The molecule has 13 heteroatoms. The lowest BCUT2D eigenvalue weighted by atomic mass is 10.2. The van der Waals surface area contributed by atoms with Crippen LogP contribution in [0.15, 0.2) is 65.5 Å². The molecule has 0 aliphatic carbocycles. The number of rotatable bonds is 9. The van der Waals surface area contributed by atoms with Crippen LogP contribution in [-0.2, 0) is 14.2 Å². The van der Waals surface area contributed by atoms with Crippen molar-refractivity contribution in [2.45, 2.75) is 18.5 Å². The molecule has 0 bridgehead atoms. The Balaban J connectivity index is 1.65. The van der Waals surface area contributed by atoms with Crippen LogP contribution in [0.5, 0.6) is 0 Å². The normalized spacial score (nSPS) is 13.6. The van der Waals surface area contributed by atoms with Crippen molar-refractivity contribution in [2.75, 3.05) is 19.5 Å². The molecule has 2 aromatic heterocycles. The van der Waals surface area contributed by atoms with E-state index >= 15 is 4.39 Å². The van der Waals surface area contributed by atoms with Crippen LogP contribution in [0.3, 0.4) is 0 Å². The minimum absolute atomic E-state index is 0.133. The number of nitrogens with two attached hydrogens (primary N) is 1. The van der Waals surface area contributed by atoms with Crippen LogP contribution in [0.4, 0.5) is 10.3 Å². The third kappa shape index (κ3) is 5.20. The fourth-order valence-corrected chi connectivity index (χ4v) is 3.32. The molecule has 0 aliphatic rings. The second-order valence-corrected chi connectivity index (χ2v) is 7.50. The number of carbonyl (C=O) groups excluding carboxylic acids is 2. The van der Waals surface area contributed by atoms with Crippen molar-refractivity contribution in [3.05, 3.63) is 82.1 Å². The smallest absolute Gasteiger partial charge is 0.340 e. The maximum Gasteiger partial charge on any atom is 0.340 e. The molecule has 0 saturated carbocycles. The number of nitrogens with one attached hydrogen (secondary N) is 1. The van der Waals surface area contributed by atoms with Crippen molar-refractivity contribution in [2.24, 2.45) is 0 Å². The molecule has 2 aromatic carbocycles. The van der Waals surface area contributed by atoms with E-state index < -0.39 is 42.6 Å². The van der Waals surface area contributed by atoms with E-state index in [1.54, 1.807) is 36.4 Å². The van der Waals surface area contributed by atoms with Crippen molar-refractivity contribution in [1.29, 1.82) is 0 Å². The minimum Gasteiger partial charge on any atom is -0.459 e. The Kier molecular flexibility index (Phi) is 7.30. The number of aromatic amines is 1. The maximum absolute atomic E-state index is 15.9. The van der Waals surface area contributed by atoms with Gasteiger partial charge < -0.3 is 19.9 Å². The Morgan fingerprint density at radius 2 is 1.67 bits per heavy atom. The quantitative estimate of drug-likeness (QED) is 0.326. The highest BCUT2D eigenvalue weighted by molar-refractivity contribution is 5.89. The molecule has 36 heavy (non-hydrogen) atoms. The van der Waals surface area contributed by atoms with Crippen molar-refractivity contribution in [3.63, 3.8) is 0 Å². The second kappa shape index (κ2) is 10.7. The number of benzene rings is 2. The molecule has 186 valence electrons. The molecule has 3 atom stereocenters. The van der Waals surface area contributed by atoms with E-state index in [0.29, 0.717) is 0 Å². The number of ether oxygens (including phenoxy) is 3. The molecular weight excluding hydrogens is 475 g/mol. The number of aromatic nitrogens is 5. The zero-order valence-corrected chi connectivity index (χ0v) is 18.9. The fourth-order valence-electron chi connectivity index (χ4n) is 3.32. The molecule has 0 aliphatic heterocycles. The summed E-state index contributed by atoms with van der Waals surface area (Å²) in [6, 6.07) is 16.0. The van der Waals surface area contributed by atoms with Crippen LogP contribution in [0.2, 0.25) is 0 Å². The maximum atomic E-state index is 15.9. The number of nitrogen functional groups attached to an aromatic ring is 1. The Hall–Kier alpha value is -4.65. The number of H-pyrrole nitrogens is 1. The van der Waals surface area contributed by atoms with E-state index in [2.05, 4.69) is 20.3 Å². The highest BCUT2D eigenvalue weighted by Crippen LogP contribution is 2.25. The van der Waals surface area contributed by atoms with Gasteiger partial charge in [-0.1, -0.05) is 41.6 Å². The molecule has 0 amide bonds. The first kappa shape index (κ1) is 24.5. The summed E-state index contributed by atoms with van der Waals surface area (Å²) in [7, 11) is 1.20. The van der Waals surface area contributed by atoms with Crippen LogP contribution in [0.1, 0.15) is 26.9 Å². The molecule has 0 spiro atoms. The fraction of sp³-hybridized carbons (Fsp3) is 0.217. The predicted octanol–water partition coefficient (Wildman–Crippen LogP) is 1.66. The summed E-state index contributed by atoms with van der Waals surface area (Å²) in [5.74, 6) is -1.87. The van der Waals surface area contributed by atoms with Gasteiger partial charge in [0.1, 0.15) is 12.7 Å². The lowest BCUT2D eigenvalue weighted by Gasteiger charge is -2.26. The van der Waals surface area contributed by atoms with E-state index in [9.17, 15) is 14.4 Å². The molecule has 12 nitrogen and oxygen atoms in total. The highest BCUT2D eigenvalue weighted by atomic mass is 19.1. The van der Waals surface area contributed by atoms with Gasteiger partial charge in [-0.15, -0.1) is 5.10 Å². The molecule has 0 fully saturated rings. The first-order chi connectivity index (χ1) is 17.4. The van der Waals surface area contributed by atoms with Gasteiger partial charge >= 0.3 is 11.9 Å². The first-order valence-electron chi connectivity index (χ1n) is 10.6. The summed E-state index contributed by atoms with van der Waals surface area (Å²) < 4.78 is 32.6. The van der Waals surface area contributed by atoms with Gasteiger partial charge in [0, 0.05) is 7.11 Å². The molecule has 4 rings (SSSR count). The molecule has 0 radical (unpaired) electrons. The monoisotopic (exact) mass is 496 g/mol. The Bertz CT molecular complexity index is 1410. The van der Waals surface area contributed by atoms with Crippen LogP contribution in [-0.4, -0.2) is 62.9 Å². The molecule has 0 saturated heterocycles. The predicted molar refractivity (Wildman–Crippen MR) is 124 cm³/mol. The summed E-state index contributed by atoms with van der Waals surface area (Å²) in [6.45, 7) is -0.520. The number of alkyl halides is 1. The van der Waals surface area contributed by atoms with Crippen LogP contribution < -0.4 is 11.3 Å². The minimum atomic E-state index is -2.14. The molecule has 3 N–H and O–H groups in total. The average Bonchev–Trinajstić information content (AvgIpc) is 3.32. The summed E-state index contributed by atoms with van der Waals surface area (Å²) in [6.07, 6.45) is -5.35. The summed E-state index contributed by atoms with van der Waals surface area (Å²) in [4.78, 5) is 43.5. The number of nitrogens with zero attached hydrogens (tertiary/aromatic N) is 4. The molecule has 0 unspecified atom stereocenters. The van der Waals surface area contributed by atoms with Crippen LogP contribution >= 0.6 is 0 Å². The third-order valence-corrected chi connectivity index (χ3v) is 5.15. The SMILES string of the molecule is CO[C@H](COC(=O)c1ccccc1)[C@@H](F)[C@@H](OC(=O)c1ccccc1)n1nnc2c(=O)[nH]c(N)nc21. The van der Waals surface area contributed by atoms with E-state index in [-0.39, 0.29) is 28.2 Å². The molecule has 2 heterocycles. The Labute approximate surface area is 202 Å². The first-order valence-corrected chi connectivity index (χ1v) is 10.6. The van der Waals surface area contributed by atoms with Gasteiger partial charge in [0.05, 0.1) is 11.1 Å². The lowest BCUT2D eigenvalue weighted by molar-refractivity contribution is -0.0948. The number of carbonyl (C=O) groups is 2. The van der Waals surface area contributed by atoms with Gasteiger partial charge in [0.15, 0.2) is 17.3 Å².